The summed E-state index contributed by atoms with van der Waals surface area (Å²) in [5.41, 5.74) is 1.33. The van der Waals surface area contributed by atoms with Crippen LogP contribution in [0.1, 0.15) is 23.0 Å². The summed E-state index contributed by atoms with van der Waals surface area (Å²) in [6.45, 7) is 3.91. The van der Waals surface area contributed by atoms with Crippen molar-refractivity contribution in [1.29, 1.82) is 0 Å². The van der Waals surface area contributed by atoms with Gasteiger partial charge in [0.1, 0.15) is 12.2 Å². The van der Waals surface area contributed by atoms with Crippen LogP contribution in [0.25, 0.3) is 11.0 Å². The molecule has 1 aromatic heterocycles. The van der Waals surface area contributed by atoms with E-state index >= 15 is 0 Å². The lowest BCUT2D eigenvalue weighted by atomic mass is 10.1. The average molecular weight is 389 g/mol. The van der Waals surface area contributed by atoms with Gasteiger partial charge in [0.15, 0.2) is 0 Å². The second-order valence-electron chi connectivity index (χ2n) is 5.76. The monoisotopic (exact) mass is 389 g/mol. The zero-order chi connectivity index (χ0) is 19.4. The van der Waals surface area contributed by atoms with E-state index in [2.05, 4.69) is 0 Å². The predicted molar refractivity (Wildman–Crippen MR) is 100 cm³/mol. The molecule has 0 spiro atoms. The number of carbonyl (C=O) groups is 3. The van der Waals surface area contributed by atoms with Gasteiger partial charge in [-0.15, -0.1) is 0 Å². The summed E-state index contributed by atoms with van der Waals surface area (Å²) in [6, 6.07) is 7.35. The second kappa shape index (κ2) is 8.30. The van der Waals surface area contributed by atoms with Crippen LogP contribution in [0, 0.1) is 6.92 Å². The molecule has 142 valence electrons. The third-order valence-corrected chi connectivity index (χ3v) is 5.04. The standard InChI is InChI=1S/C19H19NO6S/c1-3-24-17(22)10-16-20(15(21)11-27-16)8-9-25-19(23)18-12(2)13-6-4-5-7-14(13)26-18/h4-7,10H,3,8-9,11H2,1-2H3/b16-10-. The highest BCUT2D eigenvalue weighted by Crippen LogP contribution is 2.29. The molecule has 1 aliphatic heterocycles. The molecule has 0 N–H and O–H groups in total. The molecule has 0 saturated carbocycles. The lowest BCUT2D eigenvalue weighted by Crippen LogP contribution is -2.29. The molecule has 1 fully saturated rings. The number of rotatable bonds is 6. The number of aryl methyl sites for hydroxylation is 1. The van der Waals surface area contributed by atoms with Gasteiger partial charge >= 0.3 is 11.9 Å². The van der Waals surface area contributed by atoms with E-state index in [0.717, 1.165) is 5.39 Å². The second-order valence-corrected chi connectivity index (χ2v) is 6.75. The first-order chi connectivity index (χ1) is 13.0. The molecule has 7 nitrogen and oxygen atoms in total. The van der Waals surface area contributed by atoms with Crippen molar-refractivity contribution in [2.24, 2.45) is 0 Å². The van der Waals surface area contributed by atoms with Gasteiger partial charge in [-0.3, -0.25) is 4.79 Å². The summed E-state index contributed by atoms with van der Waals surface area (Å²) in [5, 5.41) is 1.35. The number of carbonyl (C=O) groups excluding carboxylic acids is 3. The Morgan fingerprint density at radius 3 is 2.81 bits per heavy atom. The number of furan rings is 1. The Bertz CT molecular complexity index is 916. The number of amides is 1. The van der Waals surface area contributed by atoms with Gasteiger partial charge in [-0.25, -0.2) is 9.59 Å². The van der Waals surface area contributed by atoms with Gasteiger partial charge in [0.25, 0.3) is 0 Å². The fourth-order valence-corrected chi connectivity index (χ4v) is 3.67. The zero-order valence-electron chi connectivity index (χ0n) is 15.0. The summed E-state index contributed by atoms with van der Waals surface area (Å²) in [6.07, 6.45) is 1.28. The van der Waals surface area contributed by atoms with Crippen LogP contribution in [0.2, 0.25) is 0 Å². The molecule has 2 aromatic rings. The largest absolute Gasteiger partial charge is 0.463 e. The highest BCUT2D eigenvalue weighted by Gasteiger charge is 2.28. The van der Waals surface area contributed by atoms with E-state index in [-0.39, 0.29) is 37.2 Å². The number of benzene rings is 1. The van der Waals surface area contributed by atoms with Gasteiger partial charge in [-0.05, 0) is 19.9 Å². The van der Waals surface area contributed by atoms with E-state index in [4.69, 9.17) is 13.9 Å². The number of ether oxygens (including phenoxy) is 2. The highest BCUT2D eigenvalue weighted by atomic mass is 32.2. The van der Waals surface area contributed by atoms with Gasteiger partial charge < -0.3 is 18.8 Å². The zero-order valence-corrected chi connectivity index (χ0v) is 15.8. The first-order valence-electron chi connectivity index (χ1n) is 8.48. The lowest BCUT2D eigenvalue weighted by molar-refractivity contribution is -0.137. The minimum Gasteiger partial charge on any atom is -0.463 e. The summed E-state index contributed by atoms with van der Waals surface area (Å²) in [5.74, 6) is -0.845. The maximum atomic E-state index is 12.3. The van der Waals surface area contributed by atoms with Crippen LogP contribution >= 0.6 is 11.8 Å². The third-order valence-electron chi connectivity index (χ3n) is 4.02. The minimum atomic E-state index is -0.584. The van der Waals surface area contributed by atoms with Crippen LogP contribution in [-0.4, -0.2) is 48.3 Å². The van der Waals surface area contributed by atoms with Gasteiger partial charge in [0, 0.05) is 10.9 Å². The molecule has 0 aliphatic carbocycles. The van der Waals surface area contributed by atoms with Crippen molar-refractivity contribution >= 4 is 40.6 Å². The molecular weight excluding hydrogens is 370 g/mol. The van der Waals surface area contributed by atoms with E-state index in [1.807, 2.05) is 18.2 Å². The molecule has 2 heterocycles. The number of nitrogens with zero attached hydrogens (tertiary/aromatic N) is 1. The van der Waals surface area contributed by atoms with E-state index in [0.29, 0.717) is 16.2 Å². The Morgan fingerprint density at radius 1 is 1.30 bits per heavy atom. The van der Waals surface area contributed by atoms with Gasteiger partial charge in [-0.2, -0.15) is 0 Å². The molecule has 0 bridgehead atoms. The molecule has 3 rings (SSSR count). The van der Waals surface area contributed by atoms with Crippen LogP contribution < -0.4 is 0 Å². The molecule has 0 radical (unpaired) electrons. The molecule has 1 amide bonds. The summed E-state index contributed by atoms with van der Waals surface area (Å²) in [4.78, 5) is 37.3. The smallest absolute Gasteiger partial charge is 0.374 e. The SMILES string of the molecule is CCOC(=O)/C=C1\SCC(=O)N1CCOC(=O)c1oc2ccccc2c1C. The first-order valence-corrected chi connectivity index (χ1v) is 9.46. The van der Waals surface area contributed by atoms with Crippen molar-refractivity contribution < 1.29 is 28.3 Å². The van der Waals surface area contributed by atoms with Crippen molar-refractivity contribution in [2.45, 2.75) is 13.8 Å². The molecule has 1 saturated heterocycles. The van der Waals surface area contributed by atoms with Crippen molar-refractivity contribution in [1.82, 2.24) is 4.90 Å². The van der Waals surface area contributed by atoms with Crippen LogP contribution in [0.15, 0.2) is 39.8 Å². The normalized spacial score (nSPS) is 15.6. The van der Waals surface area contributed by atoms with E-state index in [1.165, 1.54) is 22.7 Å². The van der Waals surface area contributed by atoms with Crippen LogP contribution in [0.4, 0.5) is 0 Å². The van der Waals surface area contributed by atoms with Crippen LogP contribution in [0.5, 0.6) is 0 Å². The molecule has 0 atom stereocenters. The minimum absolute atomic E-state index is 0.0121. The molecule has 27 heavy (non-hydrogen) atoms. The number of esters is 2. The van der Waals surface area contributed by atoms with Crippen molar-refractivity contribution in [3.63, 3.8) is 0 Å². The lowest BCUT2D eigenvalue weighted by Gasteiger charge is -2.16. The molecule has 1 aromatic carbocycles. The summed E-state index contributed by atoms with van der Waals surface area (Å²) >= 11 is 1.25. The Morgan fingerprint density at radius 2 is 2.07 bits per heavy atom. The number of fused-ring (bicyclic) bond motifs is 1. The van der Waals surface area contributed by atoms with Crippen LogP contribution in [0.3, 0.4) is 0 Å². The molecular formula is C19H19NO6S. The number of thioether (sulfide) groups is 1. The Labute approximate surface area is 160 Å². The fraction of sp³-hybridized carbons (Fsp3) is 0.316. The van der Waals surface area contributed by atoms with E-state index in [1.54, 1.807) is 19.9 Å². The topological polar surface area (TPSA) is 86.0 Å². The third kappa shape index (κ3) is 4.16. The highest BCUT2D eigenvalue weighted by molar-refractivity contribution is 8.04. The first kappa shape index (κ1) is 19.0. The molecule has 8 heteroatoms. The summed E-state index contributed by atoms with van der Waals surface area (Å²) in [7, 11) is 0. The Kier molecular flexibility index (Phi) is 5.85. The van der Waals surface area contributed by atoms with Gasteiger partial charge in [0.2, 0.25) is 11.7 Å². The molecule has 0 unspecified atom stereocenters. The number of para-hydroxylation sites is 1. The Hall–Kier alpha value is -2.74. The predicted octanol–water partition coefficient (Wildman–Crippen LogP) is 2.88. The maximum absolute atomic E-state index is 12.3. The van der Waals surface area contributed by atoms with Gasteiger partial charge in [0.05, 0.1) is 30.0 Å². The van der Waals surface area contributed by atoms with E-state index < -0.39 is 11.9 Å². The summed E-state index contributed by atoms with van der Waals surface area (Å²) < 4.78 is 15.7. The van der Waals surface area contributed by atoms with Crippen molar-refractivity contribution in [3.05, 3.63) is 46.7 Å². The van der Waals surface area contributed by atoms with Gasteiger partial charge in [-0.1, -0.05) is 30.0 Å². The Balaban J connectivity index is 1.62. The fourth-order valence-electron chi connectivity index (χ4n) is 2.72. The number of hydrogen-bond donors (Lipinski definition) is 0. The molecule has 1 aliphatic rings. The number of hydrogen-bond acceptors (Lipinski definition) is 7. The van der Waals surface area contributed by atoms with Crippen molar-refractivity contribution in [2.75, 3.05) is 25.5 Å². The van der Waals surface area contributed by atoms with Crippen LogP contribution in [-0.2, 0) is 19.1 Å². The average Bonchev–Trinajstić information content (AvgIpc) is 3.16. The van der Waals surface area contributed by atoms with Crippen molar-refractivity contribution in [3.8, 4) is 0 Å². The van der Waals surface area contributed by atoms with E-state index in [9.17, 15) is 14.4 Å². The quantitative estimate of drug-likeness (QED) is 0.555. The maximum Gasteiger partial charge on any atom is 0.374 e.